The van der Waals surface area contributed by atoms with Crippen LogP contribution in [-0.4, -0.2) is 25.9 Å². The first kappa shape index (κ1) is 19.5. The number of rotatable bonds is 6. The molecule has 0 saturated heterocycles. The largest absolute Gasteiger partial charge is 0.480 e. The van der Waals surface area contributed by atoms with Gasteiger partial charge in [0.25, 0.3) is 11.3 Å². The molecule has 0 aliphatic carbocycles. The number of carboxylic acid groups (broad SMARTS) is 1. The number of para-hydroxylation sites is 1. The fourth-order valence-electron chi connectivity index (χ4n) is 3.14. The molecule has 3 aromatic carbocycles. The summed E-state index contributed by atoms with van der Waals surface area (Å²) in [6.07, 6.45) is 0.0893. The number of fused-ring (bicyclic) bond motifs is 2. The summed E-state index contributed by atoms with van der Waals surface area (Å²) in [6, 6.07) is 20.4. The second-order valence-corrected chi connectivity index (χ2v) is 8.32. The van der Waals surface area contributed by atoms with Gasteiger partial charge in [-0.2, -0.15) is 0 Å². The zero-order chi connectivity index (χ0) is 20.4. The van der Waals surface area contributed by atoms with Crippen molar-refractivity contribution in [1.29, 1.82) is 0 Å². The van der Waals surface area contributed by atoms with Crippen molar-refractivity contribution >= 4 is 34.7 Å². The van der Waals surface area contributed by atoms with Gasteiger partial charge in [0.1, 0.15) is 17.5 Å². The highest BCUT2D eigenvalue weighted by atomic mass is 32.2. The van der Waals surface area contributed by atoms with E-state index in [1.165, 1.54) is 11.8 Å². The zero-order valence-corrected chi connectivity index (χ0v) is 16.7. The number of hydrogen-bond acceptors (Lipinski definition) is 4. The second kappa shape index (κ2) is 8.28. The third-order valence-electron chi connectivity index (χ3n) is 4.48. The highest BCUT2D eigenvalue weighted by Crippen LogP contribution is 2.48. The van der Waals surface area contributed by atoms with Crippen LogP contribution in [0.4, 0.5) is 5.69 Å². The quantitative estimate of drug-likeness (QED) is 0.438. The smallest absolute Gasteiger partial charge is 0.327 e. The number of nitrogens with zero attached hydrogens (tertiary/aromatic N) is 1. The fraction of sp³-hybridized carbons (Fsp3) is 0.0952. The molecule has 2 unspecified atom stereocenters. The third kappa shape index (κ3) is 4.14. The van der Waals surface area contributed by atoms with Gasteiger partial charge in [-0.3, -0.25) is 8.86 Å². The molecule has 2 N–H and O–H groups in total. The number of carbonyl (C=O) groups is 1. The van der Waals surface area contributed by atoms with Gasteiger partial charge >= 0.3 is 5.97 Å². The van der Waals surface area contributed by atoms with E-state index in [2.05, 4.69) is 0 Å². The van der Waals surface area contributed by atoms with E-state index in [1.807, 2.05) is 30.3 Å². The van der Waals surface area contributed by atoms with Crippen molar-refractivity contribution in [1.82, 2.24) is 0 Å². The average molecular weight is 428 g/mol. The van der Waals surface area contributed by atoms with Crippen LogP contribution in [0, 0.1) is 0 Å². The Hall–Kier alpha value is -2.81. The van der Waals surface area contributed by atoms with Crippen LogP contribution in [0.3, 0.4) is 0 Å². The Morgan fingerprint density at radius 2 is 1.69 bits per heavy atom. The van der Waals surface area contributed by atoms with Crippen molar-refractivity contribution in [2.45, 2.75) is 22.3 Å². The van der Waals surface area contributed by atoms with Crippen LogP contribution in [0.2, 0.25) is 0 Å². The first-order chi connectivity index (χ1) is 14.0. The summed E-state index contributed by atoms with van der Waals surface area (Å²) in [5.41, 5.74) is 1.10. The van der Waals surface area contributed by atoms with Crippen LogP contribution in [0.15, 0.2) is 82.6 Å². The van der Waals surface area contributed by atoms with Crippen molar-refractivity contribution in [3.8, 4) is 11.5 Å². The Morgan fingerprint density at radius 1 is 1.00 bits per heavy atom. The molecule has 3 aromatic rings. The monoisotopic (exact) mass is 427 g/mol. The summed E-state index contributed by atoms with van der Waals surface area (Å²) in [6.45, 7) is 0. The van der Waals surface area contributed by atoms with E-state index in [4.69, 9.17) is 4.74 Å². The van der Waals surface area contributed by atoms with Crippen LogP contribution in [0.5, 0.6) is 11.5 Å². The number of hydrogen-bond donors (Lipinski definition) is 2. The molecule has 29 heavy (non-hydrogen) atoms. The lowest BCUT2D eigenvalue weighted by molar-refractivity contribution is -0.138. The fourth-order valence-corrected chi connectivity index (χ4v) is 4.80. The van der Waals surface area contributed by atoms with E-state index in [-0.39, 0.29) is 6.42 Å². The van der Waals surface area contributed by atoms with Gasteiger partial charge < -0.3 is 9.84 Å². The van der Waals surface area contributed by atoms with Crippen LogP contribution >= 0.6 is 11.8 Å². The van der Waals surface area contributed by atoms with Crippen molar-refractivity contribution < 1.29 is 23.4 Å². The molecule has 1 aliphatic rings. The molecule has 4 rings (SSSR count). The molecule has 0 spiro atoms. The highest BCUT2D eigenvalue weighted by molar-refractivity contribution is 7.99. The molecule has 8 heteroatoms. The van der Waals surface area contributed by atoms with Crippen LogP contribution in [0.25, 0.3) is 0 Å². The van der Waals surface area contributed by atoms with Crippen molar-refractivity contribution in [2.75, 3.05) is 4.31 Å². The first-order valence-corrected chi connectivity index (χ1v) is 10.7. The van der Waals surface area contributed by atoms with E-state index in [0.717, 1.165) is 25.4 Å². The molecule has 1 heterocycles. The van der Waals surface area contributed by atoms with Gasteiger partial charge in [0.2, 0.25) is 0 Å². The Labute approximate surface area is 174 Å². The molecule has 1 aliphatic heterocycles. The number of anilines is 1. The summed E-state index contributed by atoms with van der Waals surface area (Å²) < 4.78 is 29.0. The molecular formula is C21H17NO5S2. The lowest BCUT2D eigenvalue weighted by atomic mass is 10.1. The van der Waals surface area contributed by atoms with Crippen molar-refractivity contribution in [2.24, 2.45) is 0 Å². The number of ether oxygens (including phenoxy) is 1. The molecule has 6 nitrogen and oxygen atoms in total. The van der Waals surface area contributed by atoms with E-state index in [0.29, 0.717) is 11.4 Å². The minimum Gasteiger partial charge on any atom is -0.480 e. The van der Waals surface area contributed by atoms with Crippen LogP contribution in [-0.2, 0) is 22.5 Å². The Morgan fingerprint density at radius 3 is 2.41 bits per heavy atom. The van der Waals surface area contributed by atoms with E-state index < -0.39 is 23.3 Å². The zero-order valence-electron chi connectivity index (χ0n) is 15.1. The normalized spacial score (nSPS) is 14.1. The molecule has 0 radical (unpaired) electrons. The number of carboxylic acids is 1. The van der Waals surface area contributed by atoms with Gasteiger partial charge in [0.05, 0.1) is 15.5 Å². The second-order valence-electron chi connectivity index (χ2n) is 6.38. The molecular weight excluding hydrogens is 410 g/mol. The Kier molecular flexibility index (Phi) is 5.57. The Bertz CT molecular complexity index is 1070. The van der Waals surface area contributed by atoms with Crippen LogP contribution < -0.4 is 9.04 Å². The Balaban J connectivity index is 1.68. The molecule has 2 atom stereocenters. The summed E-state index contributed by atoms with van der Waals surface area (Å²) in [7, 11) is 0. The van der Waals surface area contributed by atoms with E-state index >= 15 is 0 Å². The maximum absolute atomic E-state index is 12.1. The van der Waals surface area contributed by atoms with E-state index in [9.17, 15) is 18.7 Å². The number of benzene rings is 3. The minimum absolute atomic E-state index is 0.0893. The van der Waals surface area contributed by atoms with Gasteiger partial charge in [-0.15, -0.1) is 0 Å². The standard InChI is InChI=1S/C21H17NO5S2/c23-21(24)16(12-14-6-2-1-3-7-14)22(29(25)26)15-10-11-18-20(13-15)28-19-9-5-4-8-17(19)27-18/h1-11,13,16H,12H2,(H,23,24)(H,25,26). The molecule has 0 saturated carbocycles. The van der Waals surface area contributed by atoms with Gasteiger partial charge in [-0.05, 0) is 35.9 Å². The molecule has 0 fully saturated rings. The van der Waals surface area contributed by atoms with Crippen molar-refractivity contribution in [3.05, 3.63) is 78.4 Å². The maximum Gasteiger partial charge on any atom is 0.327 e. The number of aliphatic carboxylic acids is 1. The van der Waals surface area contributed by atoms with E-state index in [1.54, 1.807) is 42.5 Å². The summed E-state index contributed by atoms with van der Waals surface area (Å²) in [5.74, 6) is 0.187. The minimum atomic E-state index is -2.52. The molecule has 0 amide bonds. The maximum atomic E-state index is 12.1. The third-order valence-corrected chi connectivity index (χ3v) is 6.38. The van der Waals surface area contributed by atoms with Crippen molar-refractivity contribution in [3.63, 3.8) is 0 Å². The van der Waals surface area contributed by atoms with Gasteiger partial charge in [0.15, 0.2) is 0 Å². The topological polar surface area (TPSA) is 87.1 Å². The van der Waals surface area contributed by atoms with Gasteiger partial charge in [-0.25, -0.2) is 9.00 Å². The van der Waals surface area contributed by atoms with Gasteiger partial charge in [-0.1, -0.05) is 54.2 Å². The highest BCUT2D eigenvalue weighted by Gasteiger charge is 2.31. The molecule has 0 aromatic heterocycles. The summed E-state index contributed by atoms with van der Waals surface area (Å²) >= 11 is -1.05. The first-order valence-electron chi connectivity index (χ1n) is 8.78. The molecule has 0 bridgehead atoms. The van der Waals surface area contributed by atoms with Crippen LogP contribution in [0.1, 0.15) is 5.56 Å². The SMILES string of the molecule is O=C(O)C(Cc1ccccc1)N(c1ccc2c(c1)Sc1ccccc1O2)S(=O)O. The van der Waals surface area contributed by atoms with Gasteiger partial charge in [0, 0.05) is 6.42 Å². The lowest BCUT2D eigenvalue weighted by Gasteiger charge is -2.28. The summed E-state index contributed by atoms with van der Waals surface area (Å²) in [5, 5.41) is 9.77. The lowest BCUT2D eigenvalue weighted by Crippen LogP contribution is -2.44. The predicted molar refractivity (Wildman–Crippen MR) is 112 cm³/mol. The predicted octanol–water partition coefficient (Wildman–Crippen LogP) is 4.58. The average Bonchev–Trinajstić information content (AvgIpc) is 2.72. The summed E-state index contributed by atoms with van der Waals surface area (Å²) in [4.78, 5) is 13.6. The molecule has 148 valence electrons.